The second kappa shape index (κ2) is 12.4. The van der Waals surface area contributed by atoms with Crippen molar-refractivity contribution in [2.45, 2.75) is 38.6 Å². The molecule has 9 heteroatoms. The van der Waals surface area contributed by atoms with Crippen LogP contribution in [0.3, 0.4) is 0 Å². The van der Waals surface area contributed by atoms with Crippen molar-refractivity contribution in [1.82, 2.24) is 10.0 Å². The number of amides is 1. The summed E-state index contributed by atoms with van der Waals surface area (Å²) in [5.41, 5.74) is 1.45. The van der Waals surface area contributed by atoms with Gasteiger partial charge in [0, 0.05) is 6.08 Å². The first-order valence-corrected chi connectivity index (χ1v) is 12.6. The minimum atomic E-state index is -3.72. The van der Waals surface area contributed by atoms with Gasteiger partial charge in [0.2, 0.25) is 15.9 Å². The summed E-state index contributed by atoms with van der Waals surface area (Å²) in [6, 6.07) is 10.1. The van der Waals surface area contributed by atoms with E-state index < -0.39 is 10.0 Å². The van der Waals surface area contributed by atoms with Crippen LogP contribution in [0, 0.1) is 5.92 Å². The molecule has 0 aliphatic rings. The number of nitrogens with one attached hydrogen (secondary N) is 2. The second-order valence-electron chi connectivity index (χ2n) is 7.75. The standard InChI is InChI=1S/C25H34N2O6S/c1-7-32-20-13-11-19(16-22(20)33-8-2)25(17(3)4)27-24(28)14-10-18-9-12-21(31-6)23(15-18)34(29,30)26-5/h9-17,25-26H,7-8H2,1-6H3,(H,27,28)/b14-10+. The van der Waals surface area contributed by atoms with Gasteiger partial charge in [-0.05, 0) is 68.3 Å². The molecule has 0 aromatic heterocycles. The molecule has 2 rings (SSSR count). The Morgan fingerprint density at radius 1 is 1.00 bits per heavy atom. The third-order valence-electron chi connectivity index (χ3n) is 5.06. The van der Waals surface area contributed by atoms with Gasteiger partial charge in [0.25, 0.3) is 0 Å². The zero-order chi connectivity index (χ0) is 25.3. The van der Waals surface area contributed by atoms with Gasteiger partial charge in [-0.1, -0.05) is 26.0 Å². The Kier molecular flexibility index (Phi) is 9.95. The van der Waals surface area contributed by atoms with Crippen LogP contribution in [0.1, 0.15) is 44.9 Å². The maximum atomic E-state index is 12.7. The number of benzene rings is 2. The van der Waals surface area contributed by atoms with Crippen molar-refractivity contribution >= 4 is 22.0 Å². The molecule has 0 fully saturated rings. The Balaban J connectivity index is 2.26. The van der Waals surface area contributed by atoms with E-state index in [0.717, 1.165) is 5.56 Å². The van der Waals surface area contributed by atoms with Crippen molar-refractivity contribution in [3.8, 4) is 17.2 Å². The number of carbonyl (C=O) groups excluding carboxylic acids is 1. The highest BCUT2D eigenvalue weighted by Crippen LogP contribution is 2.33. The van der Waals surface area contributed by atoms with Crippen molar-refractivity contribution in [3.05, 3.63) is 53.6 Å². The van der Waals surface area contributed by atoms with E-state index in [1.165, 1.54) is 26.3 Å². The third kappa shape index (κ3) is 6.98. The molecule has 2 aromatic rings. The molecule has 0 bridgehead atoms. The molecule has 1 amide bonds. The summed E-state index contributed by atoms with van der Waals surface area (Å²) in [6.07, 6.45) is 2.94. The largest absolute Gasteiger partial charge is 0.495 e. The Bertz CT molecular complexity index is 1110. The van der Waals surface area contributed by atoms with Gasteiger partial charge >= 0.3 is 0 Å². The maximum absolute atomic E-state index is 12.7. The van der Waals surface area contributed by atoms with E-state index in [1.807, 2.05) is 45.9 Å². The van der Waals surface area contributed by atoms with Crippen LogP contribution in [0.4, 0.5) is 0 Å². The summed E-state index contributed by atoms with van der Waals surface area (Å²) >= 11 is 0. The van der Waals surface area contributed by atoms with Crippen LogP contribution in [-0.2, 0) is 14.8 Å². The minimum Gasteiger partial charge on any atom is -0.495 e. The Morgan fingerprint density at radius 2 is 1.65 bits per heavy atom. The summed E-state index contributed by atoms with van der Waals surface area (Å²) in [6.45, 7) is 8.87. The Morgan fingerprint density at radius 3 is 2.24 bits per heavy atom. The number of sulfonamides is 1. The van der Waals surface area contributed by atoms with E-state index in [-0.39, 0.29) is 28.5 Å². The summed E-state index contributed by atoms with van der Waals surface area (Å²) in [5.74, 6) is 1.32. The molecule has 186 valence electrons. The molecule has 0 spiro atoms. The van der Waals surface area contributed by atoms with Crippen LogP contribution in [-0.4, -0.2) is 41.7 Å². The predicted octanol–water partition coefficient (Wildman–Crippen LogP) is 3.93. The molecular formula is C25H34N2O6S. The number of hydrogen-bond donors (Lipinski definition) is 2. The molecule has 2 aromatic carbocycles. The van der Waals surface area contributed by atoms with Crippen molar-refractivity contribution in [2.75, 3.05) is 27.4 Å². The lowest BCUT2D eigenvalue weighted by atomic mass is 9.95. The quantitative estimate of drug-likeness (QED) is 0.437. The van der Waals surface area contributed by atoms with Gasteiger partial charge in [0.1, 0.15) is 10.6 Å². The average Bonchev–Trinajstić information content (AvgIpc) is 2.82. The van der Waals surface area contributed by atoms with Gasteiger partial charge in [-0.15, -0.1) is 0 Å². The molecule has 2 N–H and O–H groups in total. The Labute approximate surface area is 202 Å². The fraction of sp³-hybridized carbons (Fsp3) is 0.400. The second-order valence-corrected chi connectivity index (χ2v) is 9.61. The summed E-state index contributed by atoms with van der Waals surface area (Å²) in [5, 5.41) is 3.02. The van der Waals surface area contributed by atoms with Crippen molar-refractivity contribution < 1.29 is 27.4 Å². The predicted molar refractivity (Wildman–Crippen MR) is 133 cm³/mol. The summed E-state index contributed by atoms with van der Waals surface area (Å²) < 4.78 is 43.3. The molecule has 1 atom stereocenters. The molecule has 34 heavy (non-hydrogen) atoms. The van der Waals surface area contributed by atoms with Gasteiger partial charge in [0.15, 0.2) is 11.5 Å². The Hall–Kier alpha value is -3.04. The highest BCUT2D eigenvalue weighted by atomic mass is 32.2. The lowest BCUT2D eigenvalue weighted by Gasteiger charge is -2.23. The highest BCUT2D eigenvalue weighted by molar-refractivity contribution is 7.89. The van der Waals surface area contributed by atoms with Crippen LogP contribution in [0.2, 0.25) is 0 Å². The third-order valence-corrected chi connectivity index (χ3v) is 6.50. The number of ether oxygens (including phenoxy) is 3. The molecule has 0 radical (unpaired) electrons. The van der Waals surface area contributed by atoms with Gasteiger partial charge in [-0.3, -0.25) is 4.79 Å². The lowest BCUT2D eigenvalue weighted by Crippen LogP contribution is -2.30. The van der Waals surface area contributed by atoms with E-state index in [2.05, 4.69) is 10.0 Å². The number of methoxy groups -OCH3 is 1. The van der Waals surface area contributed by atoms with Crippen LogP contribution in [0.15, 0.2) is 47.4 Å². The van der Waals surface area contributed by atoms with E-state index in [0.29, 0.717) is 30.3 Å². The molecule has 0 heterocycles. The molecule has 0 saturated carbocycles. The number of carbonyl (C=O) groups is 1. The summed E-state index contributed by atoms with van der Waals surface area (Å²) in [4.78, 5) is 12.7. The molecule has 0 aliphatic carbocycles. The molecular weight excluding hydrogens is 456 g/mol. The van der Waals surface area contributed by atoms with E-state index in [9.17, 15) is 13.2 Å². The van der Waals surface area contributed by atoms with Crippen LogP contribution < -0.4 is 24.2 Å². The van der Waals surface area contributed by atoms with Crippen molar-refractivity contribution in [2.24, 2.45) is 5.92 Å². The zero-order valence-corrected chi connectivity index (χ0v) is 21.4. The van der Waals surface area contributed by atoms with Gasteiger partial charge in [-0.25, -0.2) is 13.1 Å². The van der Waals surface area contributed by atoms with E-state index in [1.54, 1.807) is 18.2 Å². The fourth-order valence-corrected chi connectivity index (χ4v) is 4.31. The number of rotatable bonds is 12. The SMILES string of the molecule is CCOc1ccc(C(NC(=O)/C=C/c2ccc(OC)c(S(=O)(=O)NC)c2)C(C)C)cc1OCC. The fourth-order valence-electron chi connectivity index (χ4n) is 3.39. The van der Waals surface area contributed by atoms with Gasteiger partial charge in [-0.2, -0.15) is 0 Å². The first kappa shape index (κ1) is 27.2. The monoisotopic (exact) mass is 490 g/mol. The van der Waals surface area contributed by atoms with E-state index >= 15 is 0 Å². The maximum Gasteiger partial charge on any atom is 0.244 e. The molecule has 8 nitrogen and oxygen atoms in total. The highest BCUT2D eigenvalue weighted by Gasteiger charge is 2.20. The van der Waals surface area contributed by atoms with Crippen molar-refractivity contribution in [3.63, 3.8) is 0 Å². The average molecular weight is 491 g/mol. The summed E-state index contributed by atoms with van der Waals surface area (Å²) in [7, 11) is -0.989. The molecule has 0 saturated heterocycles. The zero-order valence-electron chi connectivity index (χ0n) is 20.5. The smallest absolute Gasteiger partial charge is 0.244 e. The number of hydrogen-bond acceptors (Lipinski definition) is 6. The van der Waals surface area contributed by atoms with Gasteiger partial charge in [0.05, 0.1) is 26.4 Å². The minimum absolute atomic E-state index is 0.00189. The van der Waals surface area contributed by atoms with Crippen LogP contribution in [0.25, 0.3) is 6.08 Å². The van der Waals surface area contributed by atoms with Crippen LogP contribution in [0.5, 0.6) is 17.2 Å². The topological polar surface area (TPSA) is 103 Å². The van der Waals surface area contributed by atoms with Gasteiger partial charge < -0.3 is 19.5 Å². The first-order chi connectivity index (χ1) is 16.2. The molecule has 1 unspecified atom stereocenters. The lowest BCUT2D eigenvalue weighted by molar-refractivity contribution is -0.117. The molecule has 0 aliphatic heterocycles. The van der Waals surface area contributed by atoms with Crippen molar-refractivity contribution in [1.29, 1.82) is 0 Å². The van der Waals surface area contributed by atoms with E-state index in [4.69, 9.17) is 14.2 Å². The first-order valence-electron chi connectivity index (χ1n) is 11.2. The normalized spacial score (nSPS) is 12.6. The van der Waals surface area contributed by atoms with Crippen LogP contribution >= 0.6 is 0 Å².